The van der Waals surface area contributed by atoms with E-state index in [9.17, 15) is 4.79 Å². The molecular formula is C20H18N6O. The Bertz CT molecular complexity index is 1250. The largest absolute Gasteiger partial charge is 0.393 e. The van der Waals surface area contributed by atoms with Crippen LogP contribution in [0.4, 0.5) is 0 Å². The molecule has 0 radical (unpaired) electrons. The molecule has 7 heteroatoms. The van der Waals surface area contributed by atoms with Crippen molar-refractivity contribution in [3.63, 3.8) is 0 Å². The van der Waals surface area contributed by atoms with E-state index in [4.69, 9.17) is 5.41 Å². The van der Waals surface area contributed by atoms with Gasteiger partial charge in [-0.05, 0) is 23.8 Å². The molecule has 3 N–H and O–H groups in total. The van der Waals surface area contributed by atoms with Gasteiger partial charge in [-0.15, -0.1) is 0 Å². The maximum absolute atomic E-state index is 12.0. The Labute approximate surface area is 154 Å². The maximum atomic E-state index is 12.0. The van der Waals surface area contributed by atoms with Crippen LogP contribution in [-0.4, -0.2) is 32.8 Å². The van der Waals surface area contributed by atoms with E-state index in [0.29, 0.717) is 5.57 Å². The molecule has 0 saturated heterocycles. The second-order valence-corrected chi connectivity index (χ2v) is 6.20. The Morgan fingerprint density at radius 2 is 2.00 bits per heavy atom. The molecule has 0 saturated carbocycles. The van der Waals surface area contributed by atoms with Crippen LogP contribution in [0.3, 0.4) is 0 Å². The summed E-state index contributed by atoms with van der Waals surface area (Å²) in [4.78, 5) is 23.8. The van der Waals surface area contributed by atoms with E-state index in [1.165, 1.54) is 6.21 Å². The third-order valence-electron chi connectivity index (χ3n) is 4.59. The number of fused-ring (bicyclic) bond motifs is 3. The predicted molar refractivity (Wildman–Crippen MR) is 108 cm³/mol. The van der Waals surface area contributed by atoms with Crippen LogP contribution < -0.4 is 11.0 Å². The molecule has 0 spiro atoms. The molecule has 0 unspecified atom stereocenters. The lowest BCUT2D eigenvalue weighted by Crippen LogP contribution is -2.11. The lowest BCUT2D eigenvalue weighted by Gasteiger charge is -2.06. The summed E-state index contributed by atoms with van der Waals surface area (Å²) >= 11 is 0. The van der Waals surface area contributed by atoms with Crippen molar-refractivity contribution in [2.45, 2.75) is 0 Å². The van der Waals surface area contributed by atoms with Gasteiger partial charge in [0.05, 0.1) is 28.4 Å². The van der Waals surface area contributed by atoms with Crippen molar-refractivity contribution in [3.05, 3.63) is 65.1 Å². The highest BCUT2D eigenvalue weighted by atomic mass is 16.1. The van der Waals surface area contributed by atoms with Crippen molar-refractivity contribution in [1.29, 1.82) is 5.41 Å². The minimum Gasteiger partial charge on any atom is -0.393 e. The van der Waals surface area contributed by atoms with Crippen LogP contribution in [0.5, 0.6) is 0 Å². The predicted octanol–water partition coefficient (Wildman–Crippen LogP) is 2.69. The molecular weight excluding hydrogens is 340 g/mol. The molecule has 0 aliphatic heterocycles. The van der Waals surface area contributed by atoms with E-state index >= 15 is 0 Å². The fraction of sp³-hybridized carbons (Fsp3) is 0.100. The highest BCUT2D eigenvalue weighted by Gasteiger charge is 2.10. The van der Waals surface area contributed by atoms with Gasteiger partial charge >= 0.3 is 5.69 Å². The monoisotopic (exact) mass is 358 g/mol. The lowest BCUT2D eigenvalue weighted by molar-refractivity contribution is 0.890. The van der Waals surface area contributed by atoms with Gasteiger partial charge in [0.15, 0.2) is 0 Å². The minimum atomic E-state index is -0.161. The van der Waals surface area contributed by atoms with Crippen LogP contribution in [-0.2, 0) is 7.05 Å². The summed E-state index contributed by atoms with van der Waals surface area (Å²) in [6, 6.07) is 9.79. The number of pyridine rings is 2. The van der Waals surface area contributed by atoms with Crippen LogP contribution >= 0.6 is 0 Å². The van der Waals surface area contributed by atoms with E-state index in [1.807, 2.05) is 30.3 Å². The zero-order valence-electron chi connectivity index (χ0n) is 14.9. The number of aryl methyl sites for hydroxylation is 1. The fourth-order valence-electron chi connectivity index (χ4n) is 3.13. The summed E-state index contributed by atoms with van der Waals surface area (Å²) in [5, 5.41) is 11.3. The van der Waals surface area contributed by atoms with Crippen LogP contribution in [0.25, 0.3) is 38.6 Å². The molecule has 0 atom stereocenters. The van der Waals surface area contributed by atoms with E-state index in [-0.39, 0.29) is 5.69 Å². The first-order chi connectivity index (χ1) is 13.1. The van der Waals surface area contributed by atoms with Gasteiger partial charge in [-0.1, -0.05) is 12.1 Å². The topological polar surface area (TPSA) is 99.5 Å². The number of hydrogen-bond donors (Lipinski definition) is 3. The van der Waals surface area contributed by atoms with E-state index in [0.717, 1.165) is 38.8 Å². The Kier molecular flexibility index (Phi) is 4.04. The van der Waals surface area contributed by atoms with Gasteiger partial charge in [0.1, 0.15) is 0 Å². The number of benzene rings is 1. The third-order valence-corrected chi connectivity index (χ3v) is 4.59. The molecule has 0 amide bonds. The molecule has 4 rings (SSSR count). The first-order valence-electron chi connectivity index (χ1n) is 8.44. The van der Waals surface area contributed by atoms with Gasteiger partial charge in [0, 0.05) is 49.2 Å². The lowest BCUT2D eigenvalue weighted by atomic mass is 10.0. The number of aromatic nitrogens is 4. The normalized spacial score (nSPS) is 11.9. The van der Waals surface area contributed by atoms with Crippen molar-refractivity contribution in [1.82, 2.24) is 24.8 Å². The Morgan fingerprint density at radius 1 is 1.19 bits per heavy atom. The average molecular weight is 358 g/mol. The number of rotatable bonds is 4. The molecule has 0 bridgehead atoms. The molecule has 0 aliphatic rings. The highest BCUT2D eigenvalue weighted by molar-refractivity contribution is 6.07. The molecule has 4 aromatic rings. The van der Waals surface area contributed by atoms with E-state index < -0.39 is 0 Å². The Balaban J connectivity index is 1.83. The standard InChI is InChI=1S/C20H18N6O/c1-22-9-14(8-21)16-5-4-13(10-23-16)12-3-6-17-15(7-12)19-18(11-24-17)26(2)20(27)25-19/h3-11,21-22H,1-2H3,(H,25,27)/b14-9+,21-8?. The SMILES string of the molecule is CN/C=C(\C=N)c1ccc(-c2ccc3ncc4c([nH]c(=O)n4C)c3c2)cn1. The first-order valence-corrected chi connectivity index (χ1v) is 8.44. The summed E-state index contributed by atoms with van der Waals surface area (Å²) in [5.41, 5.74) is 5.56. The average Bonchev–Trinajstić information content (AvgIpc) is 3.00. The second-order valence-electron chi connectivity index (χ2n) is 6.20. The van der Waals surface area contributed by atoms with Gasteiger partial charge in [-0.2, -0.15) is 0 Å². The van der Waals surface area contributed by atoms with Gasteiger partial charge < -0.3 is 15.7 Å². The number of nitrogens with one attached hydrogen (secondary N) is 3. The number of allylic oxidation sites excluding steroid dienone is 1. The number of hydrogen-bond acceptors (Lipinski definition) is 5. The van der Waals surface area contributed by atoms with Crippen molar-refractivity contribution < 1.29 is 0 Å². The number of nitrogens with zero attached hydrogens (tertiary/aromatic N) is 3. The smallest absolute Gasteiger partial charge is 0.326 e. The van der Waals surface area contributed by atoms with Gasteiger partial charge in [-0.3, -0.25) is 14.5 Å². The zero-order chi connectivity index (χ0) is 19.0. The molecule has 3 aromatic heterocycles. The summed E-state index contributed by atoms with van der Waals surface area (Å²) in [7, 11) is 3.51. The summed E-state index contributed by atoms with van der Waals surface area (Å²) in [6.07, 6.45) is 6.49. The van der Waals surface area contributed by atoms with Gasteiger partial charge in [-0.25, -0.2) is 4.79 Å². The molecule has 134 valence electrons. The van der Waals surface area contributed by atoms with Crippen molar-refractivity contribution in [2.24, 2.45) is 7.05 Å². The maximum Gasteiger partial charge on any atom is 0.326 e. The van der Waals surface area contributed by atoms with Crippen LogP contribution in [0.1, 0.15) is 5.69 Å². The molecule has 0 aliphatic carbocycles. The molecule has 1 aromatic carbocycles. The van der Waals surface area contributed by atoms with Crippen molar-refractivity contribution in [2.75, 3.05) is 7.05 Å². The summed E-state index contributed by atoms with van der Waals surface area (Å²) in [5.74, 6) is 0. The zero-order valence-corrected chi connectivity index (χ0v) is 14.9. The Morgan fingerprint density at radius 3 is 2.70 bits per heavy atom. The second kappa shape index (κ2) is 6.53. The number of aromatic amines is 1. The number of imidazole rings is 1. The molecule has 27 heavy (non-hydrogen) atoms. The van der Waals surface area contributed by atoms with Crippen LogP contribution in [0, 0.1) is 5.41 Å². The highest BCUT2D eigenvalue weighted by Crippen LogP contribution is 2.27. The fourth-order valence-corrected chi connectivity index (χ4v) is 3.13. The van der Waals surface area contributed by atoms with Gasteiger partial charge in [0.2, 0.25) is 0 Å². The Hall–Kier alpha value is -3.74. The molecule has 0 fully saturated rings. The van der Waals surface area contributed by atoms with Crippen LogP contribution in [0.2, 0.25) is 0 Å². The van der Waals surface area contributed by atoms with Gasteiger partial charge in [0.25, 0.3) is 0 Å². The minimum absolute atomic E-state index is 0.161. The quantitative estimate of drug-likeness (QED) is 0.488. The summed E-state index contributed by atoms with van der Waals surface area (Å²) in [6.45, 7) is 0. The summed E-state index contributed by atoms with van der Waals surface area (Å²) < 4.78 is 1.55. The third kappa shape index (κ3) is 2.79. The van der Waals surface area contributed by atoms with Crippen LogP contribution in [0.15, 0.2) is 53.7 Å². The molecule has 3 heterocycles. The molecule has 7 nitrogen and oxygen atoms in total. The van der Waals surface area contributed by atoms with E-state index in [2.05, 4.69) is 20.3 Å². The first kappa shape index (κ1) is 16.7. The van der Waals surface area contributed by atoms with E-state index in [1.54, 1.807) is 37.3 Å². The van der Waals surface area contributed by atoms with Crippen molar-refractivity contribution >= 4 is 33.7 Å². The van der Waals surface area contributed by atoms with Crippen molar-refractivity contribution in [3.8, 4) is 11.1 Å². The number of H-pyrrole nitrogens is 1.